The molecule has 0 fully saturated rings. The quantitative estimate of drug-likeness (QED) is 0.794. The molecule has 2 aromatic rings. The molecule has 0 saturated heterocycles. The van der Waals surface area contributed by atoms with E-state index in [0.717, 1.165) is 29.8 Å². The van der Waals surface area contributed by atoms with E-state index in [-0.39, 0.29) is 0 Å². The normalized spacial score (nSPS) is 12.3. The number of aryl methyl sites for hydroxylation is 2. The minimum atomic E-state index is 0.325. The number of nitrogens with one attached hydrogen (secondary N) is 1. The van der Waals surface area contributed by atoms with Crippen molar-refractivity contribution in [1.82, 2.24) is 5.32 Å². The van der Waals surface area contributed by atoms with E-state index in [1.807, 2.05) is 7.05 Å². The fourth-order valence-corrected chi connectivity index (χ4v) is 2.81. The Kier molecular flexibility index (Phi) is 5.63. The van der Waals surface area contributed by atoms with E-state index in [1.165, 1.54) is 11.1 Å². The molecule has 0 heterocycles. The van der Waals surface area contributed by atoms with Gasteiger partial charge >= 0.3 is 0 Å². The standard InChI is InChI=1S/C18H22ClN/c1-14-8-6-12-16(18(14)19)17(20-2)13-7-11-15-9-4-3-5-10-15/h3-6,8-10,12,17,20H,7,11,13H2,1-2H3. The third-order valence-electron chi connectivity index (χ3n) is 3.75. The number of hydrogen-bond donors (Lipinski definition) is 1. The second-order valence-electron chi connectivity index (χ2n) is 5.20. The van der Waals surface area contributed by atoms with E-state index in [9.17, 15) is 0 Å². The third-order valence-corrected chi connectivity index (χ3v) is 4.26. The van der Waals surface area contributed by atoms with Gasteiger partial charge in [-0.2, -0.15) is 0 Å². The molecular formula is C18H22ClN. The summed E-state index contributed by atoms with van der Waals surface area (Å²) in [6.45, 7) is 2.06. The van der Waals surface area contributed by atoms with Crippen LogP contribution in [0.1, 0.15) is 35.6 Å². The number of halogens is 1. The van der Waals surface area contributed by atoms with Gasteiger partial charge in [-0.3, -0.25) is 0 Å². The first kappa shape index (κ1) is 15.1. The first-order valence-corrected chi connectivity index (χ1v) is 7.56. The lowest BCUT2D eigenvalue weighted by atomic mass is 9.98. The van der Waals surface area contributed by atoms with Crippen molar-refractivity contribution in [3.8, 4) is 0 Å². The van der Waals surface area contributed by atoms with Gasteiger partial charge in [0.2, 0.25) is 0 Å². The molecule has 0 radical (unpaired) electrons. The highest BCUT2D eigenvalue weighted by molar-refractivity contribution is 6.32. The lowest BCUT2D eigenvalue weighted by Crippen LogP contribution is -2.17. The second kappa shape index (κ2) is 7.47. The van der Waals surface area contributed by atoms with Crippen molar-refractivity contribution in [1.29, 1.82) is 0 Å². The lowest BCUT2D eigenvalue weighted by molar-refractivity contribution is 0.527. The van der Waals surface area contributed by atoms with Crippen LogP contribution >= 0.6 is 11.6 Å². The first-order chi connectivity index (χ1) is 9.72. The zero-order valence-electron chi connectivity index (χ0n) is 12.2. The molecule has 0 aliphatic rings. The van der Waals surface area contributed by atoms with Gasteiger partial charge in [0.05, 0.1) is 0 Å². The minimum absolute atomic E-state index is 0.325. The average molecular weight is 288 g/mol. The Labute approximate surface area is 127 Å². The molecule has 0 spiro atoms. The van der Waals surface area contributed by atoms with Crippen LogP contribution < -0.4 is 5.32 Å². The van der Waals surface area contributed by atoms with Gasteiger partial charge in [0, 0.05) is 11.1 Å². The largest absolute Gasteiger partial charge is 0.313 e. The number of benzene rings is 2. The summed E-state index contributed by atoms with van der Waals surface area (Å²) < 4.78 is 0. The molecule has 1 nitrogen and oxygen atoms in total. The van der Waals surface area contributed by atoms with Crippen LogP contribution in [-0.4, -0.2) is 7.05 Å². The van der Waals surface area contributed by atoms with Gasteiger partial charge in [-0.15, -0.1) is 0 Å². The molecular weight excluding hydrogens is 266 g/mol. The highest BCUT2D eigenvalue weighted by atomic mass is 35.5. The molecule has 2 aromatic carbocycles. The Morgan fingerprint density at radius 2 is 1.80 bits per heavy atom. The zero-order chi connectivity index (χ0) is 14.4. The maximum atomic E-state index is 6.42. The summed E-state index contributed by atoms with van der Waals surface area (Å²) >= 11 is 6.42. The summed E-state index contributed by atoms with van der Waals surface area (Å²) in [5.41, 5.74) is 3.76. The van der Waals surface area contributed by atoms with Crippen LogP contribution in [0.4, 0.5) is 0 Å². The Morgan fingerprint density at radius 3 is 2.50 bits per heavy atom. The number of hydrogen-bond acceptors (Lipinski definition) is 1. The van der Waals surface area contributed by atoms with Crippen LogP contribution in [0.15, 0.2) is 48.5 Å². The zero-order valence-corrected chi connectivity index (χ0v) is 13.0. The molecule has 0 aliphatic heterocycles. The minimum Gasteiger partial charge on any atom is -0.313 e. The molecule has 2 heteroatoms. The molecule has 0 aromatic heterocycles. The van der Waals surface area contributed by atoms with E-state index >= 15 is 0 Å². The van der Waals surface area contributed by atoms with Crippen LogP contribution in [-0.2, 0) is 6.42 Å². The van der Waals surface area contributed by atoms with Crippen molar-refractivity contribution in [2.75, 3.05) is 7.05 Å². The van der Waals surface area contributed by atoms with Crippen LogP contribution in [0, 0.1) is 6.92 Å². The topological polar surface area (TPSA) is 12.0 Å². The summed E-state index contributed by atoms with van der Waals surface area (Å²) in [6.07, 6.45) is 3.36. The smallest absolute Gasteiger partial charge is 0.0482 e. The van der Waals surface area contributed by atoms with E-state index in [0.29, 0.717) is 6.04 Å². The molecule has 106 valence electrons. The Hall–Kier alpha value is -1.31. The Balaban J connectivity index is 1.97. The van der Waals surface area contributed by atoms with Gasteiger partial charge in [-0.05, 0) is 49.9 Å². The molecule has 2 rings (SSSR count). The van der Waals surface area contributed by atoms with Crippen molar-refractivity contribution >= 4 is 11.6 Å². The monoisotopic (exact) mass is 287 g/mol. The van der Waals surface area contributed by atoms with E-state index in [2.05, 4.69) is 60.8 Å². The van der Waals surface area contributed by atoms with E-state index in [4.69, 9.17) is 11.6 Å². The molecule has 0 aliphatic carbocycles. The predicted molar refractivity (Wildman–Crippen MR) is 87.4 cm³/mol. The van der Waals surface area contributed by atoms with Crippen LogP contribution in [0.2, 0.25) is 5.02 Å². The Bertz CT molecular complexity index is 536. The maximum Gasteiger partial charge on any atom is 0.0482 e. The number of rotatable bonds is 6. The summed E-state index contributed by atoms with van der Waals surface area (Å²) in [5, 5.41) is 4.28. The van der Waals surface area contributed by atoms with Crippen molar-refractivity contribution in [3.05, 3.63) is 70.2 Å². The van der Waals surface area contributed by atoms with Gasteiger partial charge in [0.15, 0.2) is 0 Å². The van der Waals surface area contributed by atoms with Gasteiger partial charge in [-0.25, -0.2) is 0 Å². The summed E-state index contributed by atoms with van der Waals surface area (Å²) in [6, 6.07) is 17.2. The first-order valence-electron chi connectivity index (χ1n) is 7.18. The SMILES string of the molecule is CNC(CCCc1ccccc1)c1cccc(C)c1Cl. The van der Waals surface area contributed by atoms with Crippen molar-refractivity contribution < 1.29 is 0 Å². The molecule has 20 heavy (non-hydrogen) atoms. The lowest BCUT2D eigenvalue weighted by Gasteiger charge is -2.19. The molecule has 1 unspecified atom stereocenters. The molecule has 0 amide bonds. The summed E-state index contributed by atoms with van der Waals surface area (Å²) in [5.74, 6) is 0. The van der Waals surface area contributed by atoms with Gasteiger partial charge in [0.25, 0.3) is 0 Å². The van der Waals surface area contributed by atoms with Crippen molar-refractivity contribution in [3.63, 3.8) is 0 Å². The van der Waals surface area contributed by atoms with E-state index < -0.39 is 0 Å². The summed E-state index contributed by atoms with van der Waals surface area (Å²) in [4.78, 5) is 0. The highest BCUT2D eigenvalue weighted by Gasteiger charge is 2.13. The van der Waals surface area contributed by atoms with Crippen LogP contribution in [0.25, 0.3) is 0 Å². The summed E-state index contributed by atoms with van der Waals surface area (Å²) in [7, 11) is 2.01. The van der Waals surface area contributed by atoms with Crippen molar-refractivity contribution in [2.45, 2.75) is 32.2 Å². The second-order valence-corrected chi connectivity index (χ2v) is 5.58. The highest BCUT2D eigenvalue weighted by Crippen LogP contribution is 2.28. The van der Waals surface area contributed by atoms with Gasteiger partial charge < -0.3 is 5.32 Å². The fourth-order valence-electron chi connectivity index (χ4n) is 2.55. The van der Waals surface area contributed by atoms with Crippen LogP contribution in [0.3, 0.4) is 0 Å². The van der Waals surface area contributed by atoms with E-state index in [1.54, 1.807) is 0 Å². The van der Waals surface area contributed by atoms with Gasteiger partial charge in [-0.1, -0.05) is 60.1 Å². The Morgan fingerprint density at radius 1 is 1.05 bits per heavy atom. The maximum absolute atomic E-state index is 6.42. The van der Waals surface area contributed by atoms with Crippen LogP contribution in [0.5, 0.6) is 0 Å². The average Bonchev–Trinajstić information content (AvgIpc) is 2.48. The predicted octanol–water partition coefficient (Wildman–Crippen LogP) is 4.93. The molecule has 0 bridgehead atoms. The van der Waals surface area contributed by atoms with Gasteiger partial charge in [0.1, 0.15) is 0 Å². The third kappa shape index (κ3) is 3.84. The fraction of sp³-hybridized carbons (Fsp3) is 0.333. The molecule has 1 atom stereocenters. The molecule has 1 N–H and O–H groups in total. The molecule has 0 saturated carbocycles. The van der Waals surface area contributed by atoms with Crippen molar-refractivity contribution in [2.24, 2.45) is 0 Å².